The average molecular weight is 522 g/mol. The van der Waals surface area contributed by atoms with Gasteiger partial charge in [-0.25, -0.2) is 0 Å². The minimum atomic E-state index is 0.0104. The summed E-state index contributed by atoms with van der Waals surface area (Å²) in [6, 6.07) is 18.7. The molecule has 8 heteroatoms. The number of thiocarbonyl (C=S) groups is 1. The molecule has 1 saturated carbocycles. The van der Waals surface area contributed by atoms with Gasteiger partial charge in [0.1, 0.15) is 5.82 Å². The molecule has 2 heterocycles. The molecule has 0 spiro atoms. The number of halogens is 1. The number of hydrogen-bond acceptors (Lipinski definition) is 5. The van der Waals surface area contributed by atoms with E-state index in [9.17, 15) is 0 Å². The van der Waals surface area contributed by atoms with Gasteiger partial charge in [0.15, 0.2) is 5.11 Å². The zero-order valence-corrected chi connectivity index (χ0v) is 22.2. The van der Waals surface area contributed by atoms with E-state index in [0.717, 1.165) is 49.7 Å². The number of nitrogens with zero attached hydrogens (tertiary/aromatic N) is 3. The van der Waals surface area contributed by atoms with Crippen LogP contribution in [-0.2, 0) is 18.4 Å². The summed E-state index contributed by atoms with van der Waals surface area (Å²) >= 11 is 12.0. The Morgan fingerprint density at radius 1 is 1.06 bits per heavy atom. The molecular formula is C28H32ClN5OS. The van der Waals surface area contributed by atoms with Gasteiger partial charge in [0, 0.05) is 36.1 Å². The van der Waals surface area contributed by atoms with Gasteiger partial charge in [0.05, 0.1) is 7.11 Å². The van der Waals surface area contributed by atoms with E-state index in [1.54, 1.807) is 7.11 Å². The molecule has 2 aromatic carbocycles. The molecule has 6 nitrogen and oxygen atoms in total. The second kappa shape index (κ2) is 11.0. The highest BCUT2D eigenvalue weighted by Gasteiger charge is 2.34. The van der Waals surface area contributed by atoms with Crippen molar-refractivity contribution in [1.82, 2.24) is 15.3 Å². The zero-order valence-electron chi connectivity index (χ0n) is 20.6. The lowest BCUT2D eigenvalue weighted by molar-refractivity contribution is 0.292. The van der Waals surface area contributed by atoms with Gasteiger partial charge in [-0.1, -0.05) is 67.3 Å². The summed E-state index contributed by atoms with van der Waals surface area (Å²) in [5.41, 5.74) is 4.01. The van der Waals surface area contributed by atoms with Crippen molar-refractivity contribution in [2.45, 2.75) is 50.5 Å². The van der Waals surface area contributed by atoms with Crippen LogP contribution in [-0.4, -0.2) is 35.3 Å². The van der Waals surface area contributed by atoms with E-state index < -0.39 is 0 Å². The number of ether oxygens (including phenoxy) is 1. The summed E-state index contributed by atoms with van der Waals surface area (Å²) in [6.07, 6.45) is 6.88. The van der Waals surface area contributed by atoms with E-state index in [0.29, 0.717) is 16.9 Å². The number of benzene rings is 2. The van der Waals surface area contributed by atoms with Gasteiger partial charge >= 0.3 is 0 Å². The van der Waals surface area contributed by atoms with E-state index in [1.807, 2.05) is 18.2 Å². The maximum Gasteiger partial charge on any atom is 0.234 e. The Morgan fingerprint density at radius 2 is 1.86 bits per heavy atom. The largest absolute Gasteiger partial charge is 0.481 e. The third kappa shape index (κ3) is 5.57. The molecule has 0 atom stereocenters. The third-order valence-corrected chi connectivity index (χ3v) is 7.89. The number of anilines is 2. The summed E-state index contributed by atoms with van der Waals surface area (Å²) in [7, 11) is 1.62. The van der Waals surface area contributed by atoms with Crippen LogP contribution in [0.15, 0.2) is 54.6 Å². The second-order valence-electron chi connectivity index (χ2n) is 9.69. The first-order chi connectivity index (χ1) is 17.5. The summed E-state index contributed by atoms with van der Waals surface area (Å²) in [5.74, 6) is 1.76. The van der Waals surface area contributed by atoms with Crippen molar-refractivity contribution < 1.29 is 4.74 Å². The summed E-state index contributed by atoms with van der Waals surface area (Å²) in [4.78, 5) is 11.5. The fourth-order valence-electron chi connectivity index (χ4n) is 5.44. The van der Waals surface area contributed by atoms with Crippen molar-refractivity contribution in [2.75, 3.05) is 30.4 Å². The Kier molecular flexibility index (Phi) is 7.58. The highest BCUT2D eigenvalue weighted by molar-refractivity contribution is 7.80. The first kappa shape index (κ1) is 24.8. The van der Waals surface area contributed by atoms with Crippen molar-refractivity contribution in [3.05, 3.63) is 76.3 Å². The smallest absolute Gasteiger partial charge is 0.234 e. The lowest BCUT2D eigenvalue weighted by Gasteiger charge is -2.38. The summed E-state index contributed by atoms with van der Waals surface area (Å²) in [6.45, 7) is 2.43. The molecule has 0 saturated heterocycles. The molecule has 3 aromatic rings. The van der Waals surface area contributed by atoms with Crippen molar-refractivity contribution in [2.24, 2.45) is 0 Å². The molecule has 5 rings (SSSR count). The molecule has 1 fully saturated rings. The first-order valence-electron chi connectivity index (χ1n) is 12.6. The van der Waals surface area contributed by atoms with E-state index in [-0.39, 0.29) is 5.41 Å². The predicted octanol–water partition coefficient (Wildman–Crippen LogP) is 5.89. The molecule has 1 aliphatic heterocycles. The Labute approximate surface area is 223 Å². The second-order valence-corrected chi connectivity index (χ2v) is 10.5. The fraction of sp³-hybridized carbons (Fsp3) is 0.393. The highest BCUT2D eigenvalue weighted by Crippen LogP contribution is 2.39. The standard InChI is InChI=1S/C28H32ClN5OS/c1-35-25-17-24(34-15-12-20-8-3-4-9-21(20)18-34)31-26(32-25)33-27(36)30-19-28(13-5-2-6-14-28)22-10-7-11-23(29)16-22/h3-4,7-11,16-17H,2,5-6,12-15,18-19H2,1H3,(H2,30,31,32,33,36). The van der Waals surface area contributed by atoms with Crippen LogP contribution in [0.25, 0.3) is 0 Å². The number of rotatable bonds is 6. The van der Waals surface area contributed by atoms with E-state index in [2.05, 4.69) is 56.9 Å². The molecule has 2 aliphatic rings. The van der Waals surface area contributed by atoms with Crippen LogP contribution in [0.3, 0.4) is 0 Å². The van der Waals surface area contributed by atoms with E-state index in [4.69, 9.17) is 33.5 Å². The summed E-state index contributed by atoms with van der Waals surface area (Å²) < 4.78 is 5.48. The normalized spacial score (nSPS) is 16.7. The van der Waals surface area contributed by atoms with Crippen molar-refractivity contribution in [3.63, 3.8) is 0 Å². The SMILES string of the molecule is COc1cc(N2CCc3ccccc3C2)nc(NC(=S)NCC2(c3cccc(Cl)c3)CCCCC2)n1. The van der Waals surface area contributed by atoms with Gasteiger partial charge < -0.3 is 20.3 Å². The maximum atomic E-state index is 6.34. The minimum Gasteiger partial charge on any atom is -0.481 e. The molecule has 0 amide bonds. The van der Waals surface area contributed by atoms with Crippen LogP contribution in [0.2, 0.25) is 5.02 Å². The number of methoxy groups -OCH3 is 1. The molecule has 1 aliphatic carbocycles. The Morgan fingerprint density at radius 3 is 2.64 bits per heavy atom. The van der Waals surface area contributed by atoms with Crippen LogP contribution in [0.4, 0.5) is 11.8 Å². The van der Waals surface area contributed by atoms with Crippen LogP contribution in [0.5, 0.6) is 5.88 Å². The van der Waals surface area contributed by atoms with Crippen LogP contribution in [0.1, 0.15) is 48.8 Å². The van der Waals surface area contributed by atoms with Crippen molar-refractivity contribution >= 4 is 40.7 Å². The molecule has 188 valence electrons. The number of hydrogen-bond donors (Lipinski definition) is 2. The topological polar surface area (TPSA) is 62.3 Å². The van der Waals surface area contributed by atoms with Gasteiger partial charge in [-0.05, 0) is 60.3 Å². The van der Waals surface area contributed by atoms with E-state index in [1.165, 1.54) is 36.0 Å². The highest BCUT2D eigenvalue weighted by atomic mass is 35.5. The number of fused-ring (bicyclic) bond motifs is 1. The quantitative estimate of drug-likeness (QED) is 0.392. The lowest BCUT2D eigenvalue weighted by Crippen LogP contribution is -2.43. The van der Waals surface area contributed by atoms with Gasteiger partial charge in [-0.2, -0.15) is 9.97 Å². The van der Waals surface area contributed by atoms with Crippen molar-refractivity contribution in [3.8, 4) is 5.88 Å². The van der Waals surface area contributed by atoms with Gasteiger partial charge in [0.25, 0.3) is 0 Å². The Hall–Kier alpha value is -2.90. The molecular weight excluding hydrogens is 490 g/mol. The minimum absolute atomic E-state index is 0.0104. The van der Waals surface area contributed by atoms with Crippen LogP contribution >= 0.6 is 23.8 Å². The molecule has 1 aromatic heterocycles. The molecule has 2 N–H and O–H groups in total. The average Bonchev–Trinajstić information content (AvgIpc) is 2.92. The lowest BCUT2D eigenvalue weighted by atomic mass is 9.69. The predicted molar refractivity (Wildman–Crippen MR) is 150 cm³/mol. The maximum absolute atomic E-state index is 6.34. The molecule has 0 radical (unpaired) electrons. The van der Waals surface area contributed by atoms with E-state index >= 15 is 0 Å². The van der Waals surface area contributed by atoms with Crippen LogP contribution < -0.4 is 20.3 Å². The molecule has 0 bridgehead atoms. The molecule has 36 heavy (non-hydrogen) atoms. The summed E-state index contributed by atoms with van der Waals surface area (Å²) in [5, 5.41) is 7.93. The van der Waals surface area contributed by atoms with Gasteiger partial charge in [-0.3, -0.25) is 0 Å². The van der Waals surface area contributed by atoms with Gasteiger partial charge in [0.2, 0.25) is 11.8 Å². The Balaban J connectivity index is 1.29. The number of aromatic nitrogens is 2. The monoisotopic (exact) mass is 521 g/mol. The fourth-order valence-corrected chi connectivity index (χ4v) is 5.79. The first-order valence-corrected chi connectivity index (χ1v) is 13.4. The van der Waals surface area contributed by atoms with Crippen molar-refractivity contribution in [1.29, 1.82) is 0 Å². The van der Waals surface area contributed by atoms with Crippen LogP contribution in [0, 0.1) is 0 Å². The third-order valence-electron chi connectivity index (χ3n) is 7.41. The van der Waals surface area contributed by atoms with Gasteiger partial charge in [-0.15, -0.1) is 0 Å². The Bertz CT molecular complexity index is 1230. The number of nitrogens with one attached hydrogen (secondary N) is 2. The zero-order chi connectivity index (χ0) is 25.0. The molecule has 0 unspecified atom stereocenters.